The molecule has 1 amide bonds. The van der Waals surface area contributed by atoms with Crippen molar-refractivity contribution in [1.82, 2.24) is 4.98 Å². The lowest BCUT2D eigenvalue weighted by molar-refractivity contribution is -0.113. The zero-order valence-electron chi connectivity index (χ0n) is 15.5. The van der Waals surface area contributed by atoms with Crippen LogP contribution in [0.2, 0.25) is 0 Å². The van der Waals surface area contributed by atoms with E-state index in [1.165, 1.54) is 11.1 Å². The number of aryl methyl sites for hydroxylation is 1. The molecule has 0 saturated heterocycles. The van der Waals surface area contributed by atoms with E-state index in [2.05, 4.69) is 29.4 Å². The van der Waals surface area contributed by atoms with Gasteiger partial charge in [-0.25, -0.2) is 4.98 Å². The highest BCUT2D eigenvalue weighted by molar-refractivity contribution is 7.99. The van der Waals surface area contributed by atoms with Crippen molar-refractivity contribution >= 4 is 34.5 Å². The van der Waals surface area contributed by atoms with Crippen LogP contribution >= 0.6 is 11.8 Å². The normalized spacial score (nSPS) is 10.9. The molecule has 0 bridgehead atoms. The fourth-order valence-electron chi connectivity index (χ4n) is 2.91. The number of anilines is 1. The number of nitrogens with one attached hydrogen (secondary N) is 1. The number of carbonyl (C=O) groups excluding carboxylic acids is 1. The van der Waals surface area contributed by atoms with Crippen molar-refractivity contribution in [3.63, 3.8) is 0 Å². The average Bonchev–Trinajstić information content (AvgIpc) is 3.14. The Bertz CT molecular complexity index is 1070. The smallest absolute Gasteiger partial charge is 0.234 e. The molecule has 0 fully saturated rings. The van der Waals surface area contributed by atoms with Gasteiger partial charge in [0.2, 0.25) is 11.8 Å². The molecule has 0 spiro atoms. The van der Waals surface area contributed by atoms with Crippen LogP contribution in [0.25, 0.3) is 22.6 Å². The topological polar surface area (TPSA) is 55.1 Å². The molecule has 0 aliphatic heterocycles. The second-order valence-electron chi connectivity index (χ2n) is 6.53. The van der Waals surface area contributed by atoms with Gasteiger partial charge in [0, 0.05) is 17.0 Å². The molecule has 4 aromatic rings. The van der Waals surface area contributed by atoms with E-state index in [4.69, 9.17) is 4.42 Å². The van der Waals surface area contributed by atoms with Crippen molar-refractivity contribution in [3.8, 4) is 11.5 Å². The Morgan fingerprint density at radius 1 is 1.00 bits per heavy atom. The lowest BCUT2D eigenvalue weighted by atomic mass is 10.1. The highest BCUT2D eigenvalue weighted by atomic mass is 32.2. The molecule has 1 heterocycles. The first-order valence-corrected chi connectivity index (χ1v) is 10.2. The predicted molar refractivity (Wildman–Crippen MR) is 115 cm³/mol. The fourth-order valence-corrected chi connectivity index (χ4v) is 3.82. The molecule has 1 N–H and O–H groups in total. The molecular formula is C23H20N2O2S. The molecular weight excluding hydrogens is 368 g/mol. The monoisotopic (exact) mass is 388 g/mol. The number of para-hydroxylation sites is 2. The number of amides is 1. The quantitative estimate of drug-likeness (QED) is 0.462. The Kier molecular flexibility index (Phi) is 5.44. The van der Waals surface area contributed by atoms with Crippen LogP contribution in [0.3, 0.4) is 0 Å². The Morgan fingerprint density at radius 3 is 2.54 bits per heavy atom. The van der Waals surface area contributed by atoms with E-state index in [1.54, 1.807) is 11.8 Å². The van der Waals surface area contributed by atoms with E-state index in [0.29, 0.717) is 11.6 Å². The molecule has 4 nitrogen and oxygen atoms in total. The number of rotatable bonds is 6. The molecule has 0 atom stereocenters. The SMILES string of the molecule is Cc1ccccc1CSCC(=O)Nc1ccc(-c2nc3ccccc3o2)cc1. The van der Waals surface area contributed by atoms with Crippen molar-refractivity contribution in [1.29, 1.82) is 0 Å². The highest BCUT2D eigenvalue weighted by Crippen LogP contribution is 2.25. The first kappa shape index (κ1) is 18.3. The maximum Gasteiger partial charge on any atom is 0.234 e. The molecule has 1 aromatic heterocycles. The summed E-state index contributed by atoms with van der Waals surface area (Å²) in [7, 11) is 0. The molecule has 3 aromatic carbocycles. The van der Waals surface area contributed by atoms with Crippen molar-refractivity contribution in [2.45, 2.75) is 12.7 Å². The lowest BCUT2D eigenvalue weighted by Gasteiger charge is -2.07. The zero-order valence-corrected chi connectivity index (χ0v) is 16.3. The third kappa shape index (κ3) is 4.26. The molecule has 0 aliphatic carbocycles. The van der Waals surface area contributed by atoms with Gasteiger partial charge < -0.3 is 9.73 Å². The van der Waals surface area contributed by atoms with Gasteiger partial charge in [-0.3, -0.25) is 4.79 Å². The van der Waals surface area contributed by atoms with E-state index in [1.807, 2.05) is 60.7 Å². The molecule has 0 unspecified atom stereocenters. The lowest BCUT2D eigenvalue weighted by Crippen LogP contribution is -2.14. The summed E-state index contributed by atoms with van der Waals surface area (Å²) in [4.78, 5) is 16.7. The summed E-state index contributed by atoms with van der Waals surface area (Å²) >= 11 is 1.61. The van der Waals surface area contributed by atoms with Gasteiger partial charge in [-0.1, -0.05) is 36.4 Å². The number of fused-ring (bicyclic) bond motifs is 1. The van der Waals surface area contributed by atoms with E-state index in [9.17, 15) is 4.79 Å². The average molecular weight is 388 g/mol. The van der Waals surface area contributed by atoms with Crippen LogP contribution in [-0.4, -0.2) is 16.6 Å². The van der Waals surface area contributed by atoms with Gasteiger partial charge in [0.1, 0.15) is 5.52 Å². The Balaban J connectivity index is 1.33. The maximum absolute atomic E-state index is 12.2. The second-order valence-corrected chi connectivity index (χ2v) is 7.52. The number of oxazole rings is 1. The van der Waals surface area contributed by atoms with E-state index in [-0.39, 0.29) is 5.91 Å². The van der Waals surface area contributed by atoms with Crippen LogP contribution in [0.1, 0.15) is 11.1 Å². The number of thioether (sulfide) groups is 1. The van der Waals surface area contributed by atoms with Gasteiger partial charge in [0.15, 0.2) is 5.58 Å². The summed E-state index contributed by atoms with van der Waals surface area (Å²) in [6.07, 6.45) is 0. The summed E-state index contributed by atoms with van der Waals surface area (Å²) in [5.74, 6) is 1.82. The van der Waals surface area contributed by atoms with Crippen molar-refractivity contribution in [2.75, 3.05) is 11.1 Å². The molecule has 28 heavy (non-hydrogen) atoms. The molecule has 140 valence electrons. The molecule has 5 heteroatoms. The maximum atomic E-state index is 12.2. The van der Waals surface area contributed by atoms with Crippen molar-refractivity contribution in [3.05, 3.63) is 83.9 Å². The second kappa shape index (κ2) is 8.31. The standard InChI is InChI=1S/C23H20N2O2S/c1-16-6-2-3-7-18(16)14-28-15-22(26)24-19-12-10-17(11-13-19)23-25-20-8-4-5-9-21(20)27-23/h2-13H,14-15H2,1H3,(H,24,26). The van der Waals surface area contributed by atoms with Crippen LogP contribution in [0.4, 0.5) is 5.69 Å². The Hall–Kier alpha value is -3.05. The summed E-state index contributed by atoms with van der Waals surface area (Å²) in [5.41, 5.74) is 5.76. The predicted octanol–water partition coefficient (Wildman–Crippen LogP) is 5.68. The number of carbonyl (C=O) groups is 1. The fraction of sp³-hybridized carbons (Fsp3) is 0.130. The summed E-state index contributed by atoms with van der Waals surface area (Å²) < 4.78 is 5.78. The van der Waals surface area contributed by atoms with Gasteiger partial charge in [-0.15, -0.1) is 11.8 Å². The van der Waals surface area contributed by atoms with Crippen LogP contribution in [-0.2, 0) is 10.5 Å². The molecule has 0 radical (unpaired) electrons. The van der Waals surface area contributed by atoms with Crippen LogP contribution in [0.5, 0.6) is 0 Å². The largest absolute Gasteiger partial charge is 0.436 e. The zero-order chi connectivity index (χ0) is 19.3. The van der Waals surface area contributed by atoms with E-state index < -0.39 is 0 Å². The number of nitrogens with zero attached hydrogens (tertiary/aromatic N) is 1. The van der Waals surface area contributed by atoms with Crippen LogP contribution in [0.15, 0.2) is 77.2 Å². The minimum atomic E-state index is -0.00630. The molecule has 0 aliphatic rings. The third-order valence-corrected chi connectivity index (χ3v) is 5.44. The van der Waals surface area contributed by atoms with E-state index in [0.717, 1.165) is 28.1 Å². The summed E-state index contributed by atoms with van der Waals surface area (Å²) in [6.45, 7) is 2.09. The van der Waals surface area contributed by atoms with E-state index >= 15 is 0 Å². The van der Waals surface area contributed by atoms with Crippen LogP contribution < -0.4 is 5.32 Å². The summed E-state index contributed by atoms with van der Waals surface area (Å²) in [6, 6.07) is 23.5. The van der Waals surface area contributed by atoms with Gasteiger partial charge >= 0.3 is 0 Å². The first-order chi connectivity index (χ1) is 13.7. The Labute approximate surface area is 168 Å². The number of benzene rings is 3. The van der Waals surface area contributed by atoms with Gasteiger partial charge in [-0.05, 0) is 54.4 Å². The van der Waals surface area contributed by atoms with Gasteiger partial charge in [0.25, 0.3) is 0 Å². The Morgan fingerprint density at radius 2 is 1.75 bits per heavy atom. The minimum absolute atomic E-state index is 0.00630. The van der Waals surface area contributed by atoms with Gasteiger partial charge in [-0.2, -0.15) is 0 Å². The number of aromatic nitrogens is 1. The summed E-state index contributed by atoms with van der Waals surface area (Å²) in [5, 5.41) is 2.94. The molecule has 0 saturated carbocycles. The number of hydrogen-bond donors (Lipinski definition) is 1. The number of hydrogen-bond acceptors (Lipinski definition) is 4. The van der Waals surface area contributed by atoms with Gasteiger partial charge in [0.05, 0.1) is 5.75 Å². The van der Waals surface area contributed by atoms with Crippen molar-refractivity contribution < 1.29 is 9.21 Å². The highest BCUT2D eigenvalue weighted by Gasteiger charge is 2.09. The molecule has 4 rings (SSSR count). The minimum Gasteiger partial charge on any atom is -0.436 e. The van der Waals surface area contributed by atoms with Crippen LogP contribution in [0, 0.1) is 6.92 Å². The first-order valence-electron chi connectivity index (χ1n) is 9.07. The third-order valence-electron chi connectivity index (χ3n) is 4.46. The van der Waals surface area contributed by atoms with Crippen molar-refractivity contribution in [2.24, 2.45) is 0 Å².